The van der Waals surface area contributed by atoms with E-state index in [1.807, 2.05) is 13.8 Å². The van der Waals surface area contributed by atoms with Gasteiger partial charge in [-0.1, -0.05) is 13.8 Å². The van der Waals surface area contributed by atoms with E-state index in [0.717, 1.165) is 0 Å². The zero-order chi connectivity index (χ0) is 10.7. The number of pyridine rings is 1. The minimum absolute atomic E-state index is 0.170. The summed E-state index contributed by atoms with van der Waals surface area (Å²) in [6.45, 7) is 3.96. The fourth-order valence-electron chi connectivity index (χ4n) is 0.939. The van der Waals surface area contributed by atoms with Crippen LogP contribution in [0.25, 0.3) is 0 Å². The lowest BCUT2D eigenvalue weighted by Crippen LogP contribution is -2.04. The van der Waals surface area contributed by atoms with Gasteiger partial charge in [0.25, 0.3) is 0 Å². The van der Waals surface area contributed by atoms with Gasteiger partial charge < -0.3 is 10.8 Å². The quantitative estimate of drug-likeness (QED) is 0.748. The molecule has 0 bridgehead atoms. The zero-order valence-electron chi connectivity index (χ0n) is 8.02. The lowest BCUT2D eigenvalue weighted by Gasteiger charge is -2.07. The van der Waals surface area contributed by atoms with E-state index in [1.165, 1.54) is 24.0 Å². The normalized spacial score (nSPS) is 10.5. The predicted octanol–water partition coefficient (Wildman–Crippen LogP) is 1.86. The zero-order valence-corrected chi connectivity index (χ0v) is 8.84. The lowest BCUT2D eigenvalue weighted by molar-refractivity contribution is 0.0692. The first-order valence-electron chi connectivity index (χ1n) is 4.16. The van der Waals surface area contributed by atoms with Crippen molar-refractivity contribution in [1.29, 1.82) is 0 Å². The highest BCUT2D eigenvalue weighted by molar-refractivity contribution is 7.99. The highest BCUT2D eigenvalue weighted by Gasteiger charge is 2.13. The Morgan fingerprint density at radius 2 is 2.29 bits per heavy atom. The topological polar surface area (TPSA) is 76.2 Å². The monoisotopic (exact) mass is 212 g/mol. The molecule has 1 aromatic rings. The average Bonchev–Trinajstić information content (AvgIpc) is 2.07. The second kappa shape index (κ2) is 4.32. The molecule has 0 saturated heterocycles. The number of hydrogen-bond donors (Lipinski definition) is 2. The summed E-state index contributed by atoms with van der Waals surface area (Å²) in [6, 6.07) is 1.43. The van der Waals surface area contributed by atoms with Crippen molar-refractivity contribution in [3.63, 3.8) is 0 Å². The minimum atomic E-state index is -0.993. The van der Waals surface area contributed by atoms with Crippen LogP contribution in [0.4, 0.5) is 5.69 Å². The molecule has 0 aliphatic rings. The number of thioether (sulfide) groups is 1. The van der Waals surface area contributed by atoms with E-state index in [9.17, 15) is 4.79 Å². The first-order valence-corrected chi connectivity index (χ1v) is 5.04. The lowest BCUT2D eigenvalue weighted by atomic mass is 10.3. The number of rotatable bonds is 3. The van der Waals surface area contributed by atoms with E-state index in [0.29, 0.717) is 16.0 Å². The Kier molecular flexibility index (Phi) is 3.35. The largest absolute Gasteiger partial charge is 0.478 e. The summed E-state index contributed by atoms with van der Waals surface area (Å²) in [5.74, 6) is -0.993. The third kappa shape index (κ3) is 2.63. The number of carboxylic acid groups (broad SMARTS) is 1. The van der Waals surface area contributed by atoms with Gasteiger partial charge in [0, 0.05) is 5.25 Å². The summed E-state index contributed by atoms with van der Waals surface area (Å²) >= 11 is 1.41. The van der Waals surface area contributed by atoms with Crippen LogP contribution in [0.1, 0.15) is 24.2 Å². The van der Waals surface area contributed by atoms with Gasteiger partial charge >= 0.3 is 5.97 Å². The fourth-order valence-corrected chi connectivity index (χ4v) is 1.77. The van der Waals surface area contributed by atoms with E-state index in [1.54, 1.807) is 0 Å². The van der Waals surface area contributed by atoms with Crippen molar-refractivity contribution in [1.82, 2.24) is 4.98 Å². The van der Waals surface area contributed by atoms with Gasteiger partial charge in [0.1, 0.15) is 5.03 Å². The average molecular weight is 212 g/mol. The molecule has 0 amide bonds. The second-order valence-electron chi connectivity index (χ2n) is 3.09. The Bertz CT molecular complexity index is 353. The molecule has 0 aliphatic heterocycles. The highest BCUT2D eigenvalue weighted by atomic mass is 32.2. The maximum Gasteiger partial charge on any atom is 0.338 e. The number of nitrogens with two attached hydrogens (primary N) is 1. The van der Waals surface area contributed by atoms with Crippen molar-refractivity contribution in [3.05, 3.63) is 17.8 Å². The second-order valence-corrected chi connectivity index (χ2v) is 4.66. The number of nitrogens with zero attached hydrogens (tertiary/aromatic N) is 1. The molecule has 0 aromatic carbocycles. The van der Waals surface area contributed by atoms with Crippen molar-refractivity contribution < 1.29 is 9.90 Å². The number of carbonyl (C=O) groups is 1. The molecule has 0 spiro atoms. The Balaban J connectivity index is 3.08. The highest BCUT2D eigenvalue weighted by Crippen LogP contribution is 2.25. The van der Waals surface area contributed by atoms with Crippen molar-refractivity contribution >= 4 is 23.4 Å². The van der Waals surface area contributed by atoms with Gasteiger partial charge in [-0.3, -0.25) is 0 Å². The maximum atomic E-state index is 10.8. The fraction of sp³-hybridized carbons (Fsp3) is 0.333. The van der Waals surface area contributed by atoms with Crippen LogP contribution < -0.4 is 5.73 Å². The van der Waals surface area contributed by atoms with Crippen molar-refractivity contribution in [2.75, 3.05) is 5.73 Å². The smallest absolute Gasteiger partial charge is 0.338 e. The number of aromatic nitrogens is 1. The minimum Gasteiger partial charge on any atom is -0.478 e. The molecule has 1 aromatic heterocycles. The number of hydrogen-bond acceptors (Lipinski definition) is 4. The molecule has 5 heteroatoms. The van der Waals surface area contributed by atoms with E-state index in [-0.39, 0.29) is 5.56 Å². The van der Waals surface area contributed by atoms with Crippen molar-refractivity contribution in [2.45, 2.75) is 24.1 Å². The van der Waals surface area contributed by atoms with E-state index in [4.69, 9.17) is 10.8 Å². The van der Waals surface area contributed by atoms with E-state index >= 15 is 0 Å². The molecule has 0 radical (unpaired) electrons. The SMILES string of the molecule is CC(C)Sc1ncc(N)cc1C(=O)O. The Hall–Kier alpha value is -1.23. The summed E-state index contributed by atoms with van der Waals surface area (Å²) in [6.07, 6.45) is 1.47. The summed E-state index contributed by atoms with van der Waals surface area (Å²) in [5.41, 5.74) is 6.00. The van der Waals surface area contributed by atoms with Crippen LogP contribution in [0.2, 0.25) is 0 Å². The molecule has 0 unspecified atom stereocenters. The van der Waals surface area contributed by atoms with Crippen LogP contribution in [0.5, 0.6) is 0 Å². The third-order valence-corrected chi connectivity index (χ3v) is 2.47. The molecule has 3 N–H and O–H groups in total. The number of nitrogen functional groups attached to an aromatic ring is 1. The Labute approximate surface area is 86.5 Å². The third-order valence-electron chi connectivity index (χ3n) is 1.45. The number of carboxylic acids is 1. The molecule has 0 aliphatic carbocycles. The van der Waals surface area contributed by atoms with Crippen LogP contribution in [0, 0.1) is 0 Å². The standard InChI is InChI=1S/C9H12N2O2S/c1-5(2)14-8-7(9(12)13)3-6(10)4-11-8/h3-5H,10H2,1-2H3,(H,12,13). The van der Waals surface area contributed by atoms with E-state index in [2.05, 4.69) is 4.98 Å². The van der Waals surface area contributed by atoms with Crippen LogP contribution in [-0.4, -0.2) is 21.3 Å². The van der Waals surface area contributed by atoms with Crippen LogP contribution in [0.3, 0.4) is 0 Å². The van der Waals surface area contributed by atoms with Crippen LogP contribution in [0.15, 0.2) is 17.3 Å². The van der Waals surface area contributed by atoms with Crippen LogP contribution >= 0.6 is 11.8 Å². The molecule has 1 rings (SSSR count). The molecule has 0 fully saturated rings. The van der Waals surface area contributed by atoms with Gasteiger partial charge in [-0.25, -0.2) is 9.78 Å². The van der Waals surface area contributed by atoms with Gasteiger partial charge in [0.2, 0.25) is 0 Å². The van der Waals surface area contributed by atoms with Gasteiger partial charge in [0.15, 0.2) is 0 Å². The van der Waals surface area contributed by atoms with E-state index < -0.39 is 5.97 Å². The summed E-state index contributed by atoms with van der Waals surface area (Å²) in [5, 5.41) is 9.71. The first kappa shape index (κ1) is 10.8. The van der Waals surface area contributed by atoms with Gasteiger partial charge in [-0.15, -0.1) is 11.8 Å². The molecule has 76 valence electrons. The van der Waals surface area contributed by atoms with Gasteiger partial charge in [0.05, 0.1) is 17.4 Å². The molecular weight excluding hydrogens is 200 g/mol. The molecule has 14 heavy (non-hydrogen) atoms. The molecule has 0 saturated carbocycles. The summed E-state index contributed by atoms with van der Waals surface area (Å²) in [7, 11) is 0. The predicted molar refractivity (Wildman–Crippen MR) is 56.6 cm³/mol. The van der Waals surface area contributed by atoms with Crippen molar-refractivity contribution in [3.8, 4) is 0 Å². The summed E-state index contributed by atoms with van der Waals surface area (Å²) in [4.78, 5) is 14.8. The van der Waals surface area contributed by atoms with Crippen molar-refractivity contribution in [2.24, 2.45) is 0 Å². The summed E-state index contributed by atoms with van der Waals surface area (Å²) < 4.78 is 0. The van der Waals surface area contributed by atoms with Crippen LogP contribution in [-0.2, 0) is 0 Å². The Morgan fingerprint density at radius 1 is 1.64 bits per heavy atom. The molecule has 4 nitrogen and oxygen atoms in total. The molecule has 0 atom stereocenters. The number of anilines is 1. The van der Waals surface area contributed by atoms with Gasteiger partial charge in [-0.05, 0) is 6.07 Å². The maximum absolute atomic E-state index is 10.8. The first-order chi connectivity index (χ1) is 6.50. The Morgan fingerprint density at radius 3 is 2.79 bits per heavy atom. The van der Waals surface area contributed by atoms with Gasteiger partial charge in [-0.2, -0.15) is 0 Å². The number of aromatic carboxylic acids is 1. The molecular formula is C9H12N2O2S. The molecule has 1 heterocycles.